The fourth-order valence-corrected chi connectivity index (χ4v) is 1.46. The number of hydrogen-bond acceptors (Lipinski definition) is 5. The third-order valence-corrected chi connectivity index (χ3v) is 2.35. The lowest BCUT2D eigenvalue weighted by Crippen LogP contribution is -2.09. The van der Waals surface area contributed by atoms with Gasteiger partial charge < -0.3 is 14.6 Å². The summed E-state index contributed by atoms with van der Waals surface area (Å²) in [4.78, 5) is 21.2. The molecule has 0 aliphatic carbocycles. The van der Waals surface area contributed by atoms with Crippen LogP contribution in [0.25, 0.3) is 0 Å². The van der Waals surface area contributed by atoms with E-state index in [1.54, 1.807) is 0 Å². The predicted molar refractivity (Wildman–Crippen MR) is 62.2 cm³/mol. The molecule has 1 aromatic rings. The number of ether oxygens (including phenoxy) is 2. The number of carbonyl (C=O) groups is 1. The van der Waals surface area contributed by atoms with Gasteiger partial charge in [0.1, 0.15) is 6.61 Å². The summed E-state index contributed by atoms with van der Waals surface area (Å²) in [6, 6.07) is 2.32. The summed E-state index contributed by atoms with van der Waals surface area (Å²) >= 11 is 0. The van der Waals surface area contributed by atoms with Gasteiger partial charge in [0.2, 0.25) is 5.75 Å². The lowest BCUT2D eigenvalue weighted by Gasteiger charge is -2.10. The van der Waals surface area contributed by atoms with Gasteiger partial charge in [-0.25, -0.2) is 4.79 Å². The van der Waals surface area contributed by atoms with E-state index in [0.717, 1.165) is 6.07 Å². The summed E-state index contributed by atoms with van der Waals surface area (Å²) in [6.45, 7) is 1.84. The Morgan fingerprint density at radius 1 is 1.44 bits per heavy atom. The van der Waals surface area contributed by atoms with Crippen molar-refractivity contribution in [1.82, 2.24) is 0 Å². The number of rotatable bonds is 6. The molecule has 0 amide bonds. The van der Waals surface area contributed by atoms with E-state index in [1.807, 2.05) is 0 Å². The van der Waals surface area contributed by atoms with Crippen molar-refractivity contribution < 1.29 is 24.3 Å². The Labute approximate surface area is 103 Å². The molecule has 7 nitrogen and oxygen atoms in total. The minimum absolute atomic E-state index is 0.0204. The Balaban J connectivity index is 3.18. The molecule has 0 spiro atoms. The van der Waals surface area contributed by atoms with Gasteiger partial charge in [-0.2, -0.15) is 0 Å². The molecule has 0 aliphatic rings. The zero-order valence-electron chi connectivity index (χ0n) is 10.0. The van der Waals surface area contributed by atoms with E-state index in [1.165, 1.54) is 20.1 Å². The van der Waals surface area contributed by atoms with Crippen LogP contribution in [0.3, 0.4) is 0 Å². The zero-order chi connectivity index (χ0) is 13.7. The summed E-state index contributed by atoms with van der Waals surface area (Å²) in [5.41, 5.74) is -0.0468. The topological polar surface area (TPSA) is 98.9 Å². The van der Waals surface area contributed by atoms with E-state index < -0.39 is 10.9 Å². The van der Waals surface area contributed by atoms with Crippen molar-refractivity contribution in [2.45, 2.75) is 6.92 Å². The molecule has 0 atom stereocenters. The number of hydrogen-bond donors (Lipinski definition) is 1. The monoisotopic (exact) mass is 255 g/mol. The molecule has 0 radical (unpaired) electrons. The van der Waals surface area contributed by atoms with Gasteiger partial charge in [-0.05, 0) is 13.0 Å². The number of nitro benzene ring substituents is 1. The van der Waals surface area contributed by atoms with Crippen molar-refractivity contribution in [1.29, 1.82) is 0 Å². The van der Waals surface area contributed by atoms with Gasteiger partial charge in [-0.3, -0.25) is 10.1 Å². The Hall–Kier alpha value is -2.15. The van der Waals surface area contributed by atoms with E-state index in [-0.39, 0.29) is 35.8 Å². The van der Waals surface area contributed by atoms with Crippen molar-refractivity contribution in [2.75, 3.05) is 20.3 Å². The van der Waals surface area contributed by atoms with Gasteiger partial charge in [-0.15, -0.1) is 0 Å². The molecular weight excluding hydrogens is 242 g/mol. The SMILES string of the molecule is COCCOc1c([N+](=O)[O-])ccc(C(=O)O)c1C. The van der Waals surface area contributed by atoms with Gasteiger partial charge in [0.05, 0.1) is 17.1 Å². The Morgan fingerprint density at radius 3 is 2.61 bits per heavy atom. The first-order chi connectivity index (χ1) is 8.49. The smallest absolute Gasteiger partial charge is 0.336 e. The number of carboxylic acids is 1. The molecule has 7 heteroatoms. The number of nitro groups is 1. The van der Waals surface area contributed by atoms with Crippen LogP contribution < -0.4 is 4.74 Å². The second-order valence-electron chi connectivity index (χ2n) is 3.49. The average Bonchev–Trinajstić information content (AvgIpc) is 2.30. The quantitative estimate of drug-likeness (QED) is 0.471. The van der Waals surface area contributed by atoms with Crippen molar-refractivity contribution in [3.8, 4) is 5.75 Å². The maximum atomic E-state index is 10.9. The lowest BCUT2D eigenvalue weighted by atomic mass is 10.1. The van der Waals surface area contributed by atoms with Crippen LogP contribution in [0, 0.1) is 17.0 Å². The minimum atomic E-state index is -1.15. The number of methoxy groups -OCH3 is 1. The molecule has 1 N–H and O–H groups in total. The van der Waals surface area contributed by atoms with Crippen molar-refractivity contribution >= 4 is 11.7 Å². The van der Waals surface area contributed by atoms with E-state index in [9.17, 15) is 14.9 Å². The molecule has 98 valence electrons. The van der Waals surface area contributed by atoms with Crippen LogP contribution in [-0.4, -0.2) is 36.3 Å². The van der Waals surface area contributed by atoms with Gasteiger partial charge in [0, 0.05) is 18.7 Å². The fourth-order valence-electron chi connectivity index (χ4n) is 1.46. The third-order valence-electron chi connectivity index (χ3n) is 2.35. The Morgan fingerprint density at radius 2 is 2.11 bits per heavy atom. The van der Waals surface area contributed by atoms with E-state index in [0.29, 0.717) is 0 Å². The lowest BCUT2D eigenvalue weighted by molar-refractivity contribution is -0.385. The normalized spacial score (nSPS) is 10.1. The first-order valence-corrected chi connectivity index (χ1v) is 5.12. The molecule has 0 aliphatic heterocycles. The highest BCUT2D eigenvalue weighted by Crippen LogP contribution is 2.32. The summed E-state index contributed by atoms with van der Waals surface area (Å²) in [7, 11) is 1.47. The standard InChI is InChI=1S/C11H13NO6/c1-7-8(11(13)14)3-4-9(12(15)16)10(7)18-6-5-17-2/h3-4H,5-6H2,1-2H3,(H,13,14). The Kier molecular flexibility index (Phi) is 4.61. The number of nitrogens with zero attached hydrogens (tertiary/aromatic N) is 1. The molecule has 1 aromatic carbocycles. The molecule has 0 saturated carbocycles. The van der Waals surface area contributed by atoms with Gasteiger partial charge in [0.15, 0.2) is 0 Å². The maximum Gasteiger partial charge on any atom is 0.336 e. The molecule has 0 aromatic heterocycles. The van der Waals surface area contributed by atoms with Crippen LogP contribution in [0.5, 0.6) is 5.75 Å². The minimum Gasteiger partial charge on any atom is -0.484 e. The van der Waals surface area contributed by atoms with E-state index in [4.69, 9.17) is 14.6 Å². The summed E-state index contributed by atoms with van der Waals surface area (Å²) in [5.74, 6) is -1.18. The fraction of sp³-hybridized carbons (Fsp3) is 0.364. The Bertz CT molecular complexity index is 471. The van der Waals surface area contributed by atoms with Crippen LogP contribution in [0.4, 0.5) is 5.69 Å². The highest BCUT2D eigenvalue weighted by molar-refractivity contribution is 5.91. The largest absolute Gasteiger partial charge is 0.484 e. The highest BCUT2D eigenvalue weighted by atomic mass is 16.6. The van der Waals surface area contributed by atoms with Crippen molar-refractivity contribution in [3.63, 3.8) is 0 Å². The maximum absolute atomic E-state index is 10.9. The second-order valence-corrected chi connectivity index (χ2v) is 3.49. The molecular formula is C11H13NO6. The van der Waals surface area contributed by atoms with Crippen LogP contribution in [0.1, 0.15) is 15.9 Å². The van der Waals surface area contributed by atoms with Crippen molar-refractivity contribution in [3.05, 3.63) is 33.4 Å². The van der Waals surface area contributed by atoms with Gasteiger partial charge >= 0.3 is 11.7 Å². The molecule has 0 heterocycles. The molecule has 1 rings (SSSR count). The number of aromatic carboxylic acids is 1. The number of benzene rings is 1. The molecule has 0 bridgehead atoms. The van der Waals surface area contributed by atoms with Gasteiger partial charge in [0.25, 0.3) is 0 Å². The first kappa shape index (κ1) is 13.9. The molecule has 0 fully saturated rings. The van der Waals surface area contributed by atoms with E-state index >= 15 is 0 Å². The first-order valence-electron chi connectivity index (χ1n) is 5.12. The average molecular weight is 255 g/mol. The summed E-state index contributed by atoms with van der Waals surface area (Å²) in [5, 5.41) is 19.8. The van der Waals surface area contributed by atoms with Crippen LogP contribution >= 0.6 is 0 Å². The summed E-state index contributed by atoms with van der Waals surface area (Å²) < 4.78 is 10.0. The predicted octanol–water partition coefficient (Wildman–Crippen LogP) is 1.63. The van der Waals surface area contributed by atoms with E-state index in [2.05, 4.69) is 0 Å². The van der Waals surface area contributed by atoms with Crippen LogP contribution in [0.2, 0.25) is 0 Å². The third kappa shape index (κ3) is 2.95. The molecule has 0 saturated heterocycles. The highest BCUT2D eigenvalue weighted by Gasteiger charge is 2.22. The molecule has 0 unspecified atom stereocenters. The molecule has 18 heavy (non-hydrogen) atoms. The van der Waals surface area contributed by atoms with Crippen LogP contribution in [0.15, 0.2) is 12.1 Å². The zero-order valence-corrected chi connectivity index (χ0v) is 10.0. The van der Waals surface area contributed by atoms with Crippen LogP contribution in [-0.2, 0) is 4.74 Å². The summed E-state index contributed by atoms with van der Waals surface area (Å²) in [6.07, 6.45) is 0. The second kappa shape index (κ2) is 5.97. The van der Waals surface area contributed by atoms with Crippen molar-refractivity contribution in [2.24, 2.45) is 0 Å². The van der Waals surface area contributed by atoms with Gasteiger partial charge in [-0.1, -0.05) is 0 Å². The number of carboxylic acid groups (broad SMARTS) is 1.